The summed E-state index contributed by atoms with van der Waals surface area (Å²) in [5, 5.41) is 13.4. The van der Waals surface area contributed by atoms with Crippen molar-refractivity contribution < 1.29 is 13.6 Å². The molecule has 1 amide bonds. The molecule has 2 bridgehead atoms. The van der Waals surface area contributed by atoms with Gasteiger partial charge in [-0.25, -0.2) is 9.97 Å². The van der Waals surface area contributed by atoms with Crippen molar-refractivity contribution in [2.45, 2.75) is 56.7 Å². The van der Waals surface area contributed by atoms with E-state index in [9.17, 15) is 13.6 Å². The highest BCUT2D eigenvalue weighted by Gasteiger charge is 2.49. The smallest absolute Gasteiger partial charge is 0.322 e. The Hall–Kier alpha value is -3.25. The third kappa shape index (κ3) is 3.78. The standard InChI is InChI=1S/C23H21ClF2N6O/c1-23(25,26)22(33)32-14-3-4-15(32)10-16(9-14)31-7-6-17-20(28-12-29-21(17)31)30-19-5-2-13(11-27)8-18(19)24/h2,5-8,12,14-16H,3-4,9-10H2,1H3,(H,28,29,30)/t14-,15-/m0/s1. The number of halogens is 3. The topological polar surface area (TPSA) is 86.8 Å². The molecule has 0 spiro atoms. The van der Waals surface area contributed by atoms with E-state index in [4.69, 9.17) is 16.9 Å². The number of carbonyl (C=O) groups is 1. The number of nitriles is 1. The number of fused-ring (bicyclic) bond motifs is 3. The minimum atomic E-state index is -3.35. The van der Waals surface area contributed by atoms with Crippen LogP contribution >= 0.6 is 11.6 Å². The molecule has 2 aliphatic rings. The van der Waals surface area contributed by atoms with Gasteiger partial charge in [-0.3, -0.25) is 4.79 Å². The molecule has 5 rings (SSSR count). The van der Waals surface area contributed by atoms with Gasteiger partial charge in [0.25, 0.3) is 5.91 Å². The number of nitrogens with one attached hydrogen (secondary N) is 1. The molecule has 2 aliphatic heterocycles. The van der Waals surface area contributed by atoms with E-state index < -0.39 is 11.8 Å². The van der Waals surface area contributed by atoms with Gasteiger partial charge in [0.15, 0.2) is 0 Å². The summed E-state index contributed by atoms with van der Waals surface area (Å²) in [5.41, 5.74) is 1.81. The van der Waals surface area contributed by atoms with Gasteiger partial charge in [0.2, 0.25) is 0 Å². The molecule has 3 aromatic rings. The second-order valence-electron chi connectivity index (χ2n) is 8.73. The SMILES string of the molecule is CC(F)(F)C(=O)N1[C@H]2CC[C@H]1CC(n1ccc3c(Nc4ccc(C#N)cc4Cl)ncnc31)C2. The van der Waals surface area contributed by atoms with Gasteiger partial charge in [0.05, 0.1) is 27.7 Å². The summed E-state index contributed by atoms with van der Waals surface area (Å²) in [4.78, 5) is 22.5. The lowest BCUT2D eigenvalue weighted by atomic mass is 9.96. The lowest BCUT2D eigenvalue weighted by Crippen LogP contribution is -2.52. The lowest BCUT2D eigenvalue weighted by molar-refractivity contribution is -0.160. The van der Waals surface area contributed by atoms with E-state index >= 15 is 0 Å². The van der Waals surface area contributed by atoms with Crippen LogP contribution in [0.5, 0.6) is 0 Å². The summed E-state index contributed by atoms with van der Waals surface area (Å²) < 4.78 is 29.5. The Labute approximate surface area is 194 Å². The molecule has 1 N–H and O–H groups in total. The van der Waals surface area contributed by atoms with Gasteiger partial charge in [-0.2, -0.15) is 14.0 Å². The van der Waals surface area contributed by atoms with Crippen molar-refractivity contribution in [1.82, 2.24) is 19.4 Å². The summed E-state index contributed by atoms with van der Waals surface area (Å²) in [7, 11) is 0. The van der Waals surface area contributed by atoms with E-state index in [2.05, 4.69) is 25.9 Å². The highest BCUT2D eigenvalue weighted by Crippen LogP contribution is 2.43. The highest BCUT2D eigenvalue weighted by molar-refractivity contribution is 6.33. The predicted molar refractivity (Wildman–Crippen MR) is 120 cm³/mol. The summed E-state index contributed by atoms with van der Waals surface area (Å²) >= 11 is 6.30. The molecule has 0 radical (unpaired) electrons. The first kappa shape index (κ1) is 21.6. The molecule has 7 nitrogen and oxygen atoms in total. The second kappa shape index (κ2) is 7.96. The van der Waals surface area contributed by atoms with Gasteiger partial charge in [-0.1, -0.05) is 11.6 Å². The van der Waals surface area contributed by atoms with E-state index in [0.29, 0.717) is 41.9 Å². The zero-order valence-corrected chi connectivity index (χ0v) is 18.6. The fourth-order valence-corrected chi connectivity index (χ4v) is 5.34. The van der Waals surface area contributed by atoms with E-state index in [-0.39, 0.29) is 18.1 Å². The first-order valence-corrected chi connectivity index (χ1v) is 11.1. The average molecular weight is 471 g/mol. The third-order valence-corrected chi connectivity index (χ3v) is 6.88. The van der Waals surface area contributed by atoms with Crippen molar-refractivity contribution in [3.05, 3.63) is 47.4 Å². The Morgan fingerprint density at radius 2 is 1.94 bits per heavy atom. The molecule has 2 aromatic heterocycles. The molecule has 170 valence electrons. The maximum Gasteiger partial charge on any atom is 0.322 e. The molecule has 0 aliphatic carbocycles. The van der Waals surface area contributed by atoms with Gasteiger partial charge in [0.1, 0.15) is 17.8 Å². The molecular formula is C23H21ClF2N6O. The van der Waals surface area contributed by atoms with Crippen LogP contribution in [0.3, 0.4) is 0 Å². The van der Waals surface area contributed by atoms with E-state index in [1.807, 2.05) is 12.3 Å². The molecule has 2 atom stereocenters. The van der Waals surface area contributed by atoms with Crippen molar-refractivity contribution in [3.8, 4) is 6.07 Å². The first-order valence-electron chi connectivity index (χ1n) is 10.7. The molecule has 2 fully saturated rings. The summed E-state index contributed by atoms with van der Waals surface area (Å²) in [6, 6.07) is 8.60. The van der Waals surface area contributed by atoms with Gasteiger partial charge in [-0.15, -0.1) is 0 Å². The van der Waals surface area contributed by atoms with Crippen molar-refractivity contribution in [2.75, 3.05) is 5.32 Å². The molecule has 2 saturated heterocycles. The molecule has 0 saturated carbocycles. The second-order valence-corrected chi connectivity index (χ2v) is 9.13. The van der Waals surface area contributed by atoms with Crippen molar-refractivity contribution in [2.24, 2.45) is 0 Å². The normalized spacial score (nSPS) is 22.4. The number of amides is 1. The van der Waals surface area contributed by atoms with Crippen LogP contribution in [0, 0.1) is 11.3 Å². The Morgan fingerprint density at radius 3 is 2.58 bits per heavy atom. The number of piperidine rings is 1. The van der Waals surface area contributed by atoms with Crippen LogP contribution < -0.4 is 5.32 Å². The molecule has 0 unspecified atom stereocenters. The fraction of sp³-hybridized carbons (Fsp3) is 0.391. The van der Waals surface area contributed by atoms with E-state index in [1.165, 1.54) is 11.2 Å². The van der Waals surface area contributed by atoms with Gasteiger partial charge >= 0.3 is 5.92 Å². The predicted octanol–water partition coefficient (Wildman–Crippen LogP) is 5.05. The third-order valence-electron chi connectivity index (χ3n) is 6.57. The monoisotopic (exact) mass is 470 g/mol. The Bertz CT molecular complexity index is 1270. The lowest BCUT2D eigenvalue weighted by Gasteiger charge is -2.40. The van der Waals surface area contributed by atoms with Crippen molar-refractivity contribution in [1.29, 1.82) is 5.26 Å². The highest BCUT2D eigenvalue weighted by atomic mass is 35.5. The number of anilines is 2. The van der Waals surface area contributed by atoms with Gasteiger partial charge < -0.3 is 14.8 Å². The van der Waals surface area contributed by atoms with Crippen LogP contribution in [-0.4, -0.2) is 43.3 Å². The van der Waals surface area contributed by atoms with Gasteiger partial charge in [0, 0.05) is 31.2 Å². The van der Waals surface area contributed by atoms with Crippen LogP contribution in [0.4, 0.5) is 20.3 Å². The average Bonchev–Trinajstić information content (AvgIpc) is 3.32. The van der Waals surface area contributed by atoms with Crippen LogP contribution in [0.25, 0.3) is 11.0 Å². The Kier molecular flexibility index (Phi) is 5.20. The van der Waals surface area contributed by atoms with Crippen LogP contribution in [0.2, 0.25) is 5.02 Å². The summed E-state index contributed by atoms with van der Waals surface area (Å²) in [6.45, 7) is 0.673. The number of benzene rings is 1. The van der Waals surface area contributed by atoms with E-state index in [0.717, 1.165) is 23.9 Å². The fourth-order valence-electron chi connectivity index (χ4n) is 5.11. The molecular weight excluding hydrogens is 450 g/mol. The Morgan fingerprint density at radius 1 is 1.21 bits per heavy atom. The van der Waals surface area contributed by atoms with Crippen molar-refractivity contribution >= 4 is 40.0 Å². The van der Waals surface area contributed by atoms with Crippen LogP contribution in [0.1, 0.15) is 44.2 Å². The number of alkyl halides is 2. The molecule has 1 aromatic carbocycles. The number of hydrogen-bond donors (Lipinski definition) is 1. The zero-order valence-electron chi connectivity index (χ0n) is 17.8. The minimum Gasteiger partial charge on any atom is -0.338 e. The summed E-state index contributed by atoms with van der Waals surface area (Å²) in [6.07, 6.45) is 6.08. The first-order chi connectivity index (χ1) is 15.8. The zero-order chi connectivity index (χ0) is 23.3. The Balaban J connectivity index is 1.42. The number of carbonyl (C=O) groups excluding carboxylic acids is 1. The van der Waals surface area contributed by atoms with Crippen molar-refractivity contribution in [3.63, 3.8) is 0 Å². The number of nitrogens with zero attached hydrogens (tertiary/aromatic N) is 5. The largest absolute Gasteiger partial charge is 0.338 e. The molecule has 33 heavy (non-hydrogen) atoms. The maximum absolute atomic E-state index is 13.7. The van der Waals surface area contributed by atoms with Crippen LogP contribution in [-0.2, 0) is 4.79 Å². The summed E-state index contributed by atoms with van der Waals surface area (Å²) in [5.74, 6) is -3.85. The number of aromatic nitrogens is 3. The minimum absolute atomic E-state index is 0.0516. The molecule has 4 heterocycles. The number of rotatable bonds is 4. The van der Waals surface area contributed by atoms with Gasteiger partial charge in [-0.05, 0) is 49.9 Å². The number of hydrogen-bond acceptors (Lipinski definition) is 5. The quantitative estimate of drug-likeness (QED) is 0.576. The maximum atomic E-state index is 13.7. The van der Waals surface area contributed by atoms with E-state index in [1.54, 1.807) is 18.2 Å². The molecule has 10 heteroatoms. The van der Waals surface area contributed by atoms with Crippen LogP contribution in [0.15, 0.2) is 36.8 Å².